The fourth-order valence-electron chi connectivity index (χ4n) is 3.89. The van der Waals surface area contributed by atoms with Gasteiger partial charge in [0.15, 0.2) is 0 Å². The van der Waals surface area contributed by atoms with E-state index < -0.39 is 5.41 Å². The van der Waals surface area contributed by atoms with Crippen LogP contribution < -0.4 is 11.1 Å². The monoisotopic (exact) mass is 296 g/mol. The van der Waals surface area contributed by atoms with Crippen molar-refractivity contribution >= 4 is 23.1 Å². The molecule has 3 nitrogen and oxygen atoms in total. The minimum atomic E-state index is -0.546. The molecule has 0 radical (unpaired) electrons. The first-order valence-electron chi connectivity index (χ1n) is 8.19. The third kappa shape index (κ3) is 3.33. The van der Waals surface area contributed by atoms with Crippen molar-refractivity contribution in [2.45, 2.75) is 77.2 Å². The lowest BCUT2D eigenvalue weighted by molar-refractivity contribution is -0.128. The fraction of sp³-hybridized carbons (Fsp3) is 0.875. The lowest BCUT2D eigenvalue weighted by Crippen LogP contribution is -2.50. The van der Waals surface area contributed by atoms with Crippen molar-refractivity contribution in [2.75, 3.05) is 0 Å². The van der Waals surface area contributed by atoms with Gasteiger partial charge >= 0.3 is 0 Å². The summed E-state index contributed by atoms with van der Waals surface area (Å²) in [5.74, 6) is 0.964. The average Bonchev–Trinajstić information content (AvgIpc) is 2.92. The van der Waals surface area contributed by atoms with Crippen LogP contribution in [0.15, 0.2) is 0 Å². The van der Waals surface area contributed by atoms with Crippen LogP contribution >= 0.6 is 12.2 Å². The second-order valence-electron chi connectivity index (χ2n) is 6.63. The Morgan fingerprint density at radius 3 is 2.35 bits per heavy atom. The molecule has 4 heteroatoms. The molecule has 0 aromatic heterocycles. The van der Waals surface area contributed by atoms with Gasteiger partial charge < -0.3 is 11.1 Å². The summed E-state index contributed by atoms with van der Waals surface area (Å²) >= 11 is 5.18. The summed E-state index contributed by atoms with van der Waals surface area (Å²) in [5.41, 5.74) is 5.32. The van der Waals surface area contributed by atoms with Gasteiger partial charge in [-0.3, -0.25) is 4.79 Å². The Balaban J connectivity index is 1.87. The summed E-state index contributed by atoms with van der Waals surface area (Å²) in [5, 5.41) is 3.24. The van der Waals surface area contributed by atoms with E-state index >= 15 is 0 Å². The Hall–Kier alpha value is -0.640. The summed E-state index contributed by atoms with van der Waals surface area (Å²) in [7, 11) is 0. The van der Waals surface area contributed by atoms with Gasteiger partial charge in [-0.15, -0.1) is 0 Å². The molecule has 0 aromatic carbocycles. The summed E-state index contributed by atoms with van der Waals surface area (Å²) in [4.78, 5) is 13.0. The van der Waals surface area contributed by atoms with Crippen molar-refractivity contribution in [2.24, 2.45) is 17.1 Å². The van der Waals surface area contributed by atoms with Crippen LogP contribution in [0.5, 0.6) is 0 Å². The summed E-state index contributed by atoms with van der Waals surface area (Å²) in [6.45, 7) is 2.25. The molecule has 20 heavy (non-hydrogen) atoms. The second-order valence-corrected chi connectivity index (χ2v) is 7.07. The van der Waals surface area contributed by atoms with E-state index in [2.05, 4.69) is 12.2 Å². The van der Waals surface area contributed by atoms with Crippen LogP contribution in [0.3, 0.4) is 0 Å². The van der Waals surface area contributed by atoms with Crippen LogP contribution in [0, 0.1) is 11.3 Å². The molecule has 2 aliphatic carbocycles. The standard InChI is InChI=1S/C16H28N2OS/c1-2-5-12-6-8-13(9-7-12)18-15(19)16(14(17)20)10-3-4-11-16/h12-13H,2-11H2,1H3,(H2,17,20)(H,18,19). The zero-order valence-corrected chi connectivity index (χ0v) is 13.4. The molecule has 0 unspecified atom stereocenters. The van der Waals surface area contributed by atoms with Crippen LogP contribution in [0.2, 0.25) is 0 Å². The highest BCUT2D eigenvalue weighted by atomic mass is 32.1. The number of amides is 1. The number of thiocarbonyl (C=S) groups is 1. The van der Waals surface area contributed by atoms with E-state index in [-0.39, 0.29) is 5.91 Å². The molecule has 2 aliphatic rings. The van der Waals surface area contributed by atoms with Crippen molar-refractivity contribution in [1.29, 1.82) is 0 Å². The first-order chi connectivity index (χ1) is 9.58. The van der Waals surface area contributed by atoms with Gasteiger partial charge in [0, 0.05) is 6.04 Å². The van der Waals surface area contributed by atoms with E-state index in [1.165, 1.54) is 25.7 Å². The van der Waals surface area contributed by atoms with Crippen LogP contribution in [0.4, 0.5) is 0 Å². The molecule has 0 bridgehead atoms. The number of carbonyl (C=O) groups excluding carboxylic acids is 1. The molecular weight excluding hydrogens is 268 g/mol. The Labute approximate surface area is 128 Å². The van der Waals surface area contributed by atoms with Gasteiger partial charge in [0.2, 0.25) is 5.91 Å². The number of hydrogen-bond donors (Lipinski definition) is 2. The molecule has 2 saturated carbocycles. The molecule has 0 saturated heterocycles. The molecule has 114 valence electrons. The van der Waals surface area contributed by atoms with Crippen molar-refractivity contribution in [1.82, 2.24) is 5.32 Å². The quantitative estimate of drug-likeness (QED) is 0.765. The number of nitrogens with one attached hydrogen (secondary N) is 1. The van der Waals surface area contributed by atoms with Gasteiger partial charge in [-0.1, -0.05) is 44.8 Å². The SMILES string of the molecule is CCCC1CCC(NC(=O)C2(C(N)=S)CCCC2)CC1. The van der Waals surface area contributed by atoms with E-state index in [0.717, 1.165) is 44.4 Å². The third-order valence-electron chi connectivity index (χ3n) is 5.24. The van der Waals surface area contributed by atoms with E-state index in [1.54, 1.807) is 0 Å². The zero-order valence-electron chi connectivity index (χ0n) is 12.6. The Morgan fingerprint density at radius 1 is 1.25 bits per heavy atom. The van der Waals surface area contributed by atoms with Gasteiger partial charge in [-0.25, -0.2) is 0 Å². The average molecular weight is 296 g/mol. The number of nitrogens with two attached hydrogens (primary N) is 1. The molecule has 0 aliphatic heterocycles. The summed E-state index contributed by atoms with van der Waals surface area (Å²) in [6.07, 6.45) is 11.1. The van der Waals surface area contributed by atoms with Crippen molar-refractivity contribution in [3.8, 4) is 0 Å². The zero-order chi connectivity index (χ0) is 14.6. The van der Waals surface area contributed by atoms with Crippen LogP contribution in [0.1, 0.15) is 71.1 Å². The summed E-state index contributed by atoms with van der Waals surface area (Å²) in [6, 6.07) is 0.336. The first kappa shape index (κ1) is 15.7. The molecule has 1 amide bonds. The molecule has 0 aromatic rings. The normalized spacial score (nSPS) is 29.1. The lowest BCUT2D eigenvalue weighted by Gasteiger charge is -2.33. The smallest absolute Gasteiger partial charge is 0.233 e. The topological polar surface area (TPSA) is 55.1 Å². The Morgan fingerprint density at radius 2 is 1.85 bits per heavy atom. The highest BCUT2D eigenvalue weighted by Crippen LogP contribution is 2.39. The predicted molar refractivity (Wildman–Crippen MR) is 86.5 cm³/mol. The molecular formula is C16H28N2OS. The summed E-state index contributed by atoms with van der Waals surface area (Å²) < 4.78 is 0. The molecule has 2 rings (SSSR count). The molecule has 2 fully saturated rings. The molecule has 0 atom stereocenters. The van der Waals surface area contributed by atoms with Gasteiger partial charge in [0.25, 0.3) is 0 Å². The van der Waals surface area contributed by atoms with Crippen LogP contribution in [-0.4, -0.2) is 16.9 Å². The van der Waals surface area contributed by atoms with Gasteiger partial charge in [0.05, 0.1) is 10.4 Å². The van der Waals surface area contributed by atoms with E-state index in [4.69, 9.17) is 18.0 Å². The maximum atomic E-state index is 12.6. The van der Waals surface area contributed by atoms with Crippen molar-refractivity contribution in [3.63, 3.8) is 0 Å². The first-order valence-corrected chi connectivity index (χ1v) is 8.60. The number of hydrogen-bond acceptors (Lipinski definition) is 2. The highest BCUT2D eigenvalue weighted by Gasteiger charge is 2.44. The Kier molecular flexibility index (Phi) is 5.42. The lowest BCUT2D eigenvalue weighted by atomic mass is 9.81. The van der Waals surface area contributed by atoms with E-state index in [9.17, 15) is 4.79 Å². The molecule has 0 spiro atoms. The van der Waals surface area contributed by atoms with Gasteiger partial charge in [-0.2, -0.15) is 0 Å². The van der Waals surface area contributed by atoms with E-state index in [1.807, 2.05) is 0 Å². The minimum absolute atomic E-state index is 0.0986. The largest absolute Gasteiger partial charge is 0.392 e. The molecule has 0 heterocycles. The minimum Gasteiger partial charge on any atom is -0.392 e. The number of carbonyl (C=O) groups is 1. The van der Waals surface area contributed by atoms with Gasteiger partial charge in [0.1, 0.15) is 0 Å². The van der Waals surface area contributed by atoms with E-state index in [0.29, 0.717) is 11.0 Å². The van der Waals surface area contributed by atoms with Crippen molar-refractivity contribution < 1.29 is 4.79 Å². The maximum absolute atomic E-state index is 12.6. The fourth-order valence-corrected chi connectivity index (χ4v) is 4.19. The predicted octanol–water partition coefficient (Wildman–Crippen LogP) is 3.31. The Bertz CT molecular complexity index is 355. The molecule has 3 N–H and O–H groups in total. The number of rotatable bonds is 5. The van der Waals surface area contributed by atoms with Crippen LogP contribution in [-0.2, 0) is 4.79 Å². The van der Waals surface area contributed by atoms with Gasteiger partial charge in [-0.05, 0) is 44.4 Å². The highest BCUT2D eigenvalue weighted by molar-refractivity contribution is 7.80. The second kappa shape index (κ2) is 6.88. The van der Waals surface area contributed by atoms with Crippen molar-refractivity contribution in [3.05, 3.63) is 0 Å². The maximum Gasteiger partial charge on any atom is 0.233 e. The third-order valence-corrected chi connectivity index (χ3v) is 5.63. The van der Waals surface area contributed by atoms with Crippen LogP contribution in [0.25, 0.3) is 0 Å².